The number of rotatable bonds is 3. The van der Waals surface area contributed by atoms with E-state index in [2.05, 4.69) is 21.2 Å². The molecule has 0 aromatic heterocycles. The molecular formula is C12H12BrClFNO4S. The van der Waals surface area contributed by atoms with Crippen LogP contribution in [0.1, 0.15) is 23.2 Å². The van der Waals surface area contributed by atoms with Crippen LogP contribution in [0.5, 0.6) is 0 Å². The molecule has 1 N–H and O–H groups in total. The first kappa shape index (κ1) is 16.7. The van der Waals surface area contributed by atoms with E-state index < -0.39 is 25.7 Å². The van der Waals surface area contributed by atoms with Crippen molar-refractivity contribution in [2.45, 2.75) is 23.8 Å². The molecule has 9 heteroatoms. The minimum atomic E-state index is -4.26. The fourth-order valence-electron chi connectivity index (χ4n) is 2.00. The van der Waals surface area contributed by atoms with Crippen molar-refractivity contribution >= 4 is 41.6 Å². The van der Waals surface area contributed by atoms with Crippen molar-refractivity contribution in [3.63, 3.8) is 0 Å². The standard InChI is InChI=1S/C12H12BrClFNO4S/c13-9-6-10(15)11(21(14,18)19)5-8(9)12(17)16-7-1-3-20-4-2-7/h5-7H,1-4H2,(H,16,17). The average Bonchev–Trinajstić information content (AvgIpc) is 2.38. The first-order chi connectivity index (χ1) is 9.79. The van der Waals surface area contributed by atoms with Crippen LogP contribution >= 0.6 is 26.6 Å². The monoisotopic (exact) mass is 399 g/mol. The molecule has 1 amide bonds. The molecule has 1 fully saturated rings. The average molecular weight is 401 g/mol. The Morgan fingerprint density at radius 3 is 2.57 bits per heavy atom. The van der Waals surface area contributed by atoms with Gasteiger partial charge in [-0.1, -0.05) is 0 Å². The maximum Gasteiger partial charge on any atom is 0.264 e. The number of nitrogens with one attached hydrogen (secondary N) is 1. The van der Waals surface area contributed by atoms with Gasteiger partial charge in [-0.3, -0.25) is 4.79 Å². The van der Waals surface area contributed by atoms with Gasteiger partial charge in [0.25, 0.3) is 15.0 Å². The summed E-state index contributed by atoms with van der Waals surface area (Å²) >= 11 is 3.05. The van der Waals surface area contributed by atoms with E-state index in [1.807, 2.05) is 0 Å². The summed E-state index contributed by atoms with van der Waals surface area (Å²) in [5.41, 5.74) is 0.0158. The van der Waals surface area contributed by atoms with E-state index in [0.717, 1.165) is 12.1 Å². The minimum absolute atomic E-state index is 0.0158. The zero-order chi connectivity index (χ0) is 15.6. The summed E-state index contributed by atoms with van der Waals surface area (Å²) in [6, 6.07) is 1.78. The number of hydrogen-bond donors (Lipinski definition) is 1. The molecule has 1 heterocycles. The van der Waals surface area contributed by atoms with E-state index >= 15 is 0 Å². The zero-order valence-corrected chi connectivity index (χ0v) is 13.9. The molecule has 21 heavy (non-hydrogen) atoms. The van der Waals surface area contributed by atoms with Crippen molar-refractivity contribution in [2.24, 2.45) is 0 Å². The van der Waals surface area contributed by atoms with Gasteiger partial charge in [0.2, 0.25) is 0 Å². The van der Waals surface area contributed by atoms with Crippen LogP contribution in [-0.4, -0.2) is 33.6 Å². The summed E-state index contributed by atoms with van der Waals surface area (Å²) in [5, 5.41) is 2.76. The van der Waals surface area contributed by atoms with Gasteiger partial charge in [-0.2, -0.15) is 0 Å². The van der Waals surface area contributed by atoms with E-state index in [0.29, 0.717) is 26.1 Å². The number of carbonyl (C=O) groups excluding carboxylic acids is 1. The summed E-state index contributed by atoms with van der Waals surface area (Å²) in [7, 11) is 0.890. The molecule has 0 radical (unpaired) electrons. The number of benzene rings is 1. The quantitative estimate of drug-likeness (QED) is 0.791. The first-order valence-electron chi connectivity index (χ1n) is 6.11. The third-order valence-electron chi connectivity index (χ3n) is 3.09. The molecule has 0 saturated carbocycles. The van der Waals surface area contributed by atoms with Gasteiger partial charge in [-0.15, -0.1) is 0 Å². The Balaban J connectivity index is 2.28. The summed E-state index contributed by atoms with van der Waals surface area (Å²) in [6.45, 7) is 1.10. The van der Waals surface area contributed by atoms with Crippen molar-refractivity contribution in [1.29, 1.82) is 0 Å². The van der Waals surface area contributed by atoms with Crippen LogP contribution in [0.25, 0.3) is 0 Å². The van der Waals surface area contributed by atoms with Crippen LogP contribution in [0.4, 0.5) is 4.39 Å². The highest BCUT2D eigenvalue weighted by Crippen LogP contribution is 2.26. The smallest absolute Gasteiger partial charge is 0.264 e. The summed E-state index contributed by atoms with van der Waals surface area (Å²) in [5.74, 6) is -1.50. The van der Waals surface area contributed by atoms with E-state index in [-0.39, 0.29) is 16.1 Å². The third-order valence-corrected chi connectivity index (χ3v) is 5.08. The van der Waals surface area contributed by atoms with Gasteiger partial charge in [0.1, 0.15) is 10.7 Å². The summed E-state index contributed by atoms with van der Waals surface area (Å²) < 4.78 is 41.5. The fraction of sp³-hybridized carbons (Fsp3) is 0.417. The molecule has 0 spiro atoms. The van der Waals surface area contributed by atoms with Crippen molar-refractivity contribution in [2.75, 3.05) is 13.2 Å². The number of halogens is 3. The molecule has 1 saturated heterocycles. The van der Waals surface area contributed by atoms with Gasteiger partial charge in [-0.05, 0) is 40.9 Å². The summed E-state index contributed by atoms with van der Waals surface area (Å²) in [6.07, 6.45) is 1.34. The molecule has 5 nitrogen and oxygen atoms in total. The molecule has 0 bridgehead atoms. The summed E-state index contributed by atoms with van der Waals surface area (Å²) in [4.78, 5) is 11.5. The van der Waals surface area contributed by atoms with Gasteiger partial charge in [0, 0.05) is 34.4 Å². The maximum atomic E-state index is 13.6. The second kappa shape index (κ2) is 6.60. The molecule has 2 rings (SSSR count). The van der Waals surface area contributed by atoms with E-state index in [4.69, 9.17) is 15.4 Å². The Labute approximate surface area is 134 Å². The van der Waals surface area contributed by atoms with Crippen molar-refractivity contribution in [3.8, 4) is 0 Å². The largest absolute Gasteiger partial charge is 0.381 e. The van der Waals surface area contributed by atoms with Gasteiger partial charge >= 0.3 is 0 Å². The number of ether oxygens (including phenoxy) is 1. The molecular weight excluding hydrogens is 389 g/mol. The SMILES string of the molecule is O=C(NC1CCOCC1)c1cc(S(=O)(=O)Cl)c(F)cc1Br. The van der Waals surface area contributed by atoms with Crippen LogP contribution < -0.4 is 5.32 Å². The lowest BCUT2D eigenvalue weighted by molar-refractivity contribution is 0.0696. The third kappa shape index (κ3) is 4.15. The highest BCUT2D eigenvalue weighted by Gasteiger charge is 2.23. The minimum Gasteiger partial charge on any atom is -0.381 e. The Morgan fingerprint density at radius 1 is 1.38 bits per heavy atom. The predicted molar refractivity (Wildman–Crippen MR) is 78.4 cm³/mol. The highest BCUT2D eigenvalue weighted by atomic mass is 79.9. The van der Waals surface area contributed by atoms with Crippen LogP contribution in [-0.2, 0) is 13.8 Å². The fourth-order valence-corrected chi connectivity index (χ4v) is 3.40. The van der Waals surface area contributed by atoms with Crippen LogP contribution in [0.2, 0.25) is 0 Å². The van der Waals surface area contributed by atoms with Gasteiger partial charge < -0.3 is 10.1 Å². The number of carbonyl (C=O) groups is 1. The maximum absolute atomic E-state index is 13.6. The van der Waals surface area contributed by atoms with Gasteiger partial charge in [0.15, 0.2) is 0 Å². The number of hydrogen-bond acceptors (Lipinski definition) is 4. The Morgan fingerprint density at radius 2 is 2.00 bits per heavy atom. The molecule has 1 aromatic carbocycles. The van der Waals surface area contributed by atoms with Crippen LogP contribution in [0.15, 0.2) is 21.5 Å². The lowest BCUT2D eigenvalue weighted by Crippen LogP contribution is -2.39. The van der Waals surface area contributed by atoms with Crippen molar-refractivity contribution in [1.82, 2.24) is 5.32 Å². The second-order valence-electron chi connectivity index (χ2n) is 4.56. The highest BCUT2D eigenvalue weighted by molar-refractivity contribution is 9.10. The molecule has 116 valence electrons. The Bertz CT molecular complexity index is 661. The van der Waals surface area contributed by atoms with Gasteiger partial charge in [0.05, 0.1) is 5.56 Å². The van der Waals surface area contributed by atoms with Gasteiger partial charge in [-0.25, -0.2) is 12.8 Å². The molecule has 0 aliphatic carbocycles. The lowest BCUT2D eigenvalue weighted by atomic mass is 10.1. The van der Waals surface area contributed by atoms with E-state index in [1.54, 1.807) is 0 Å². The van der Waals surface area contributed by atoms with E-state index in [9.17, 15) is 17.6 Å². The lowest BCUT2D eigenvalue weighted by Gasteiger charge is -2.23. The molecule has 1 aliphatic rings. The number of amides is 1. The molecule has 1 aromatic rings. The van der Waals surface area contributed by atoms with Crippen LogP contribution in [0, 0.1) is 5.82 Å². The molecule has 0 unspecified atom stereocenters. The van der Waals surface area contributed by atoms with Crippen molar-refractivity contribution < 1.29 is 22.3 Å². The molecule has 1 aliphatic heterocycles. The van der Waals surface area contributed by atoms with Crippen LogP contribution in [0.3, 0.4) is 0 Å². The topological polar surface area (TPSA) is 72.5 Å². The molecule has 0 atom stereocenters. The normalized spacial score (nSPS) is 16.7. The Hall–Kier alpha value is -0.700. The Kier molecular flexibility index (Phi) is 5.24. The predicted octanol–water partition coefficient (Wildman–Crippen LogP) is 2.42. The zero-order valence-electron chi connectivity index (χ0n) is 10.7. The first-order valence-corrected chi connectivity index (χ1v) is 9.21. The van der Waals surface area contributed by atoms with Crippen molar-refractivity contribution in [3.05, 3.63) is 28.0 Å². The van der Waals surface area contributed by atoms with E-state index in [1.165, 1.54) is 0 Å². The second-order valence-corrected chi connectivity index (χ2v) is 7.95.